The summed E-state index contributed by atoms with van der Waals surface area (Å²) < 4.78 is 0. The Morgan fingerprint density at radius 2 is 1.43 bits per heavy atom. The number of carbonyl (C=O) groups excluding carboxylic acids is 4. The molecule has 1 fully saturated rings. The van der Waals surface area contributed by atoms with Crippen molar-refractivity contribution in [1.82, 2.24) is 15.5 Å². The maximum Gasteiger partial charge on any atom is 0.245 e. The third-order valence-corrected chi connectivity index (χ3v) is 6.31. The van der Waals surface area contributed by atoms with Gasteiger partial charge in [-0.3, -0.25) is 24.2 Å². The highest BCUT2D eigenvalue weighted by molar-refractivity contribution is 5.94. The summed E-state index contributed by atoms with van der Waals surface area (Å²) in [5.74, 6) is -2.05. The van der Waals surface area contributed by atoms with Crippen LogP contribution in [0.4, 0.5) is 0 Å². The highest BCUT2D eigenvalue weighted by Gasteiger charge is 2.37. The van der Waals surface area contributed by atoms with Crippen molar-refractivity contribution in [3.63, 3.8) is 0 Å². The average Bonchev–Trinajstić information content (AvgIpc) is 3.35. The molecule has 0 aromatic carbocycles. The van der Waals surface area contributed by atoms with Crippen molar-refractivity contribution >= 4 is 29.6 Å². The van der Waals surface area contributed by atoms with Gasteiger partial charge in [-0.1, -0.05) is 6.42 Å². The maximum absolute atomic E-state index is 13.4. The number of likely N-dealkylation sites (tertiary alicyclic amines) is 1. The first-order valence-corrected chi connectivity index (χ1v) is 13.0. The van der Waals surface area contributed by atoms with Gasteiger partial charge in [0.2, 0.25) is 23.6 Å². The zero-order valence-electron chi connectivity index (χ0n) is 21.7. The van der Waals surface area contributed by atoms with Crippen molar-refractivity contribution in [3.8, 4) is 0 Å². The second-order valence-electron chi connectivity index (χ2n) is 9.34. The Balaban J connectivity index is 2.99. The van der Waals surface area contributed by atoms with Crippen LogP contribution in [0, 0.1) is 0 Å². The van der Waals surface area contributed by atoms with Crippen LogP contribution >= 0.6 is 0 Å². The van der Waals surface area contributed by atoms with Crippen LogP contribution in [-0.2, 0) is 19.2 Å². The summed E-state index contributed by atoms with van der Waals surface area (Å²) in [6.45, 7) is 1.57. The molecule has 0 saturated carbocycles. The number of nitrogens with two attached hydrogens (primary N) is 6. The summed E-state index contributed by atoms with van der Waals surface area (Å²) in [7, 11) is 0. The van der Waals surface area contributed by atoms with Gasteiger partial charge in [0.1, 0.15) is 18.1 Å². The average molecular weight is 527 g/mol. The molecule has 14 nitrogen and oxygen atoms in total. The van der Waals surface area contributed by atoms with E-state index >= 15 is 0 Å². The Labute approximate surface area is 218 Å². The molecular weight excluding hydrogens is 480 g/mol. The fourth-order valence-corrected chi connectivity index (χ4v) is 4.24. The lowest BCUT2D eigenvalue weighted by atomic mass is 10.0. The van der Waals surface area contributed by atoms with E-state index in [4.69, 9.17) is 34.4 Å². The first-order valence-electron chi connectivity index (χ1n) is 13.0. The van der Waals surface area contributed by atoms with E-state index in [1.807, 2.05) is 0 Å². The fourth-order valence-electron chi connectivity index (χ4n) is 4.24. The smallest absolute Gasteiger partial charge is 0.245 e. The number of nitrogens with zero attached hydrogens (tertiary/aromatic N) is 2. The Hall–Kier alpha value is -2.97. The van der Waals surface area contributed by atoms with Gasteiger partial charge in [0.05, 0.1) is 6.04 Å². The molecule has 1 rings (SSSR count). The molecule has 0 bridgehead atoms. The van der Waals surface area contributed by atoms with Crippen LogP contribution in [0.15, 0.2) is 4.99 Å². The normalized spacial score (nSPS) is 17.5. The van der Waals surface area contributed by atoms with Gasteiger partial charge in [-0.2, -0.15) is 0 Å². The van der Waals surface area contributed by atoms with Gasteiger partial charge in [0, 0.05) is 13.1 Å². The quantitative estimate of drug-likeness (QED) is 0.0515. The van der Waals surface area contributed by atoms with Gasteiger partial charge in [0.25, 0.3) is 0 Å². The number of primary amides is 1. The minimum atomic E-state index is -0.950. The maximum atomic E-state index is 13.4. The van der Waals surface area contributed by atoms with E-state index in [-0.39, 0.29) is 18.9 Å². The topological polar surface area (TPSA) is 264 Å². The van der Waals surface area contributed by atoms with Crippen LogP contribution < -0.4 is 45.0 Å². The van der Waals surface area contributed by atoms with Crippen LogP contribution in [0.3, 0.4) is 0 Å². The van der Waals surface area contributed by atoms with E-state index in [1.165, 1.54) is 4.90 Å². The molecule has 4 amide bonds. The fraction of sp³-hybridized carbons (Fsp3) is 0.783. The number of hydrogen-bond donors (Lipinski definition) is 8. The van der Waals surface area contributed by atoms with Gasteiger partial charge >= 0.3 is 0 Å². The lowest BCUT2D eigenvalue weighted by Crippen LogP contribution is -2.57. The number of unbranched alkanes of at least 4 members (excludes halogenated alkanes) is 2. The summed E-state index contributed by atoms with van der Waals surface area (Å²) in [6, 6.07) is -3.36. The molecule has 1 heterocycles. The number of amides is 4. The molecule has 212 valence electrons. The first-order chi connectivity index (χ1) is 17.6. The lowest BCUT2D eigenvalue weighted by Gasteiger charge is -2.29. The number of nitrogens with one attached hydrogen (secondary N) is 2. The molecule has 37 heavy (non-hydrogen) atoms. The van der Waals surface area contributed by atoms with E-state index in [1.54, 1.807) is 0 Å². The van der Waals surface area contributed by atoms with Gasteiger partial charge < -0.3 is 49.9 Å². The highest BCUT2D eigenvalue weighted by atomic mass is 16.2. The number of aliphatic imine (C=N–C) groups is 1. The molecule has 0 radical (unpaired) electrons. The molecule has 14 N–H and O–H groups in total. The number of rotatable bonds is 18. The SMILES string of the molecule is NCCCC[C@H](N)C(=O)N[C@H](CCCCN)C(=O)N[C@H](CCCN=C(N)N)C(=O)N1CCC[C@@H]1C(N)=O. The molecule has 14 heteroatoms. The Kier molecular flexibility index (Phi) is 15.1. The summed E-state index contributed by atoms with van der Waals surface area (Å²) in [4.78, 5) is 56.5. The minimum absolute atomic E-state index is 0.0780. The van der Waals surface area contributed by atoms with Crippen LogP contribution in [0.25, 0.3) is 0 Å². The lowest BCUT2D eigenvalue weighted by molar-refractivity contribution is -0.141. The van der Waals surface area contributed by atoms with Gasteiger partial charge in [-0.25, -0.2) is 0 Å². The van der Waals surface area contributed by atoms with Gasteiger partial charge in [-0.15, -0.1) is 0 Å². The second-order valence-corrected chi connectivity index (χ2v) is 9.34. The predicted molar refractivity (Wildman–Crippen MR) is 141 cm³/mol. The standard InChI is InChI=1S/C23H46N10O4/c24-11-3-1-7-15(26)20(35)31-16(8-2-4-12-25)21(36)32-17(9-5-13-30-23(28)29)22(37)33-14-6-10-18(33)19(27)34/h15-18H,1-14,24-26H2,(H2,27,34)(H,31,35)(H,32,36)(H4,28,29,30)/t15-,16+,17+,18+/m0/s1. The first kappa shape index (κ1) is 32.1. The van der Waals surface area contributed by atoms with E-state index in [0.717, 1.165) is 6.42 Å². The van der Waals surface area contributed by atoms with E-state index in [2.05, 4.69) is 15.6 Å². The van der Waals surface area contributed by atoms with Gasteiger partial charge in [-0.05, 0) is 70.9 Å². The van der Waals surface area contributed by atoms with Crippen molar-refractivity contribution < 1.29 is 19.2 Å². The summed E-state index contributed by atoms with van der Waals surface area (Å²) >= 11 is 0. The third-order valence-electron chi connectivity index (χ3n) is 6.31. The van der Waals surface area contributed by atoms with Crippen molar-refractivity contribution in [1.29, 1.82) is 0 Å². The molecule has 0 aromatic rings. The predicted octanol–water partition coefficient (Wildman–Crippen LogP) is -2.93. The van der Waals surface area contributed by atoms with E-state index in [0.29, 0.717) is 71.0 Å². The largest absolute Gasteiger partial charge is 0.370 e. The van der Waals surface area contributed by atoms with E-state index < -0.39 is 47.8 Å². The molecule has 4 atom stereocenters. The molecule has 1 aliphatic rings. The number of carbonyl (C=O) groups is 4. The van der Waals surface area contributed by atoms with Crippen LogP contribution in [0.1, 0.15) is 64.2 Å². The Morgan fingerprint density at radius 1 is 0.838 bits per heavy atom. The molecular formula is C23H46N10O4. The molecule has 0 spiro atoms. The molecule has 1 saturated heterocycles. The van der Waals surface area contributed by atoms with Crippen molar-refractivity contribution in [2.75, 3.05) is 26.2 Å². The summed E-state index contributed by atoms with van der Waals surface area (Å²) in [5.41, 5.74) is 33.3. The second kappa shape index (κ2) is 17.5. The van der Waals surface area contributed by atoms with Gasteiger partial charge in [0.15, 0.2) is 5.96 Å². The monoisotopic (exact) mass is 526 g/mol. The third kappa shape index (κ3) is 11.7. The van der Waals surface area contributed by atoms with Crippen LogP contribution in [0.2, 0.25) is 0 Å². The Bertz CT molecular complexity index is 775. The van der Waals surface area contributed by atoms with E-state index in [9.17, 15) is 19.2 Å². The molecule has 1 aliphatic heterocycles. The molecule has 0 unspecified atom stereocenters. The van der Waals surface area contributed by atoms with Crippen molar-refractivity contribution in [3.05, 3.63) is 0 Å². The summed E-state index contributed by atoms with van der Waals surface area (Å²) in [6.07, 6.45) is 5.19. The molecule has 0 aliphatic carbocycles. The van der Waals surface area contributed by atoms with Crippen LogP contribution in [-0.4, -0.2) is 84.8 Å². The van der Waals surface area contributed by atoms with Crippen molar-refractivity contribution in [2.45, 2.75) is 88.4 Å². The molecule has 0 aromatic heterocycles. The van der Waals surface area contributed by atoms with Crippen molar-refractivity contribution in [2.24, 2.45) is 39.4 Å². The van der Waals surface area contributed by atoms with Crippen LogP contribution in [0.5, 0.6) is 0 Å². The number of hydrogen-bond acceptors (Lipinski definition) is 8. The Morgan fingerprint density at radius 3 is 2.03 bits per heavy atom. The zero-order chi connectivity index (χ0) is 27.8. The highest BCUT2D eigenvalue weighted by Crippen LogP contribution is 2.19. The minimum Gasteiger partial charge on any atom is -0.370 e. The summed E-state index contributed by atoms with van der Waals surface area (Å²) in [5, 5.41) is 5.49. The zero-order valence-corrected chi connectivity index (χ0v) is 21.7. The number of guanidine groups is 1.